The Morgan fingerprint density at radius 1 is 1.11 bits per heavy atom. The maximum atomic E-state index is 12.9. The van der Waals surface area contributed by atoms with E-state index in [0.29, 0.717) is 18.2 Å². The van der Waals surface area contributed by atoms with Gasteiger partial charge in [-0.3, -0.25) is 4.79 Å². The summed E-state index contributed by atoms with van der Waals surface area (Å²) >= 11 is 0. The van der Waals surface area contributed by atoms with Gasteiger partial charge in [0, 0.05) is 5.69 Å². The van der Waals surface area contributed by atoms with Crippen LogP contribution in [0.4, 0.5) is 5.69 Å². The van der Waals surface area contributed by atoms with Crippen molar-refractivity contribution in [2.24, 2.45) is 0 Å². The molecule has 0 saturated carbocycles. The molecule has 0 aliphatic heterocycles. The van der Waals surface area contributed by atoms with E-state index in [4.69, 9.17) is 4.74 Å². The van der Waals surface area contributed by atoms with Crippen molar-refractivity contribution in [3.63, 3.8) is 0 Å². The Hall–Kier alpha value is -3.22. The number of hydrogen-bond donors (Lipinski definition) is 2. The molecule has 1 atom stereocenters. The van der Waals surface area contributed by atoms with Crippen molar-refractivity contribution >= 4 is 11.6 Å². The molecule has 1 aromatic heterocycles. The summed E-state index contributed by atoms with van der Waals surface area (Å²) < 4.78 is 5.18. The van der Waals surface area contributed by atoms with Crippen LogP contribution in [0.2, 0.25) is 0 Å². The van der Waals surface area contributed by atoms with E-state index < -0.39 is 5.92 Å². The molecule has 2 N–H and O–H groups in total. The van der Waals surface area contributed by atoms with Crippen molar-refractivity contribution in [2.45, 2.75) is 32.1 Å². The van der Waals surface area contributed by atoms with Crippen LogP contribution < -0.4 is 10.1 Å². The molecule has 0 saturated heterocycles. The molecule has 27 heavy (non-hydrogen) atoms. The predicted octanol–water partition coefficient (Wildman–Crippen LogP) is 3.30. The lowest BCUT2D eigenvalue weighted by molar-refractivity contribution is -0.117. The molecule has 0 unspecified atom stereocenters. The highest BCUT2D eigenvalue weighted by molar-refractivity contribution is 5.95. The van der Waals surface area contributed by atoms with E-state index in [1.807, 2.05) is 48.5 Å². The summed E-state index contributed by atoms with van der Waals surface area (Å²) in [5.74, 6) is 0.843. The lowest BCUT2D eigenvalue weighted by Crippen LogP contribution is -2.24. The molecule has 1 heterocycles. The molecule has 2 aromatic carbocycles. The minimum Gasteiger partial charge on any atom is -0.497 e. The van der Waals surface area contributed by atoms with Gasteiger partial charge >= 0.3 is 0 Å². The maximum absolute atomic E-state index is 12.9. The number of hydrogen-bond acceptors (Lipinski definition) is 5. The van der Waals surface area contributed by atoms with Crippen LogP contribution >= 0.6 is 0 Å². The molecule has 7 heteroatoms. The minimum atomic E-state index is -0.554. The van der Waals surface area contributed by atoms with E-state index in [1.54, 1.807) is 7.11 Å². The summed E-state index contributed by atoms with van der Waals surface area (Å²) in [6.45, 7) is 4.27. The third kappa shape index (κ3) is 4.69. The average molecular weight is 365 g/mol. The number of ether oxygens (including phenoxy) is 1. The number of carbonyl (C=O) groups excluding carboxylic acids is 1. The molecule has 3 rings (SSSR count). The largest absolute Gasteiger partial charge is 0.497 e. The third-order valence-electron chi connectivity index (χ3n) is 4.43. The van der Waals surface area contributed by atoms with Crippen LogP contribution in [0.15, 0.2) is 48.5 Å². The van der Waals surface area contributed by atoms with Crippen molar-refractivity contribution in [3.05, 3.63) is 65.5 Å². The molecular formula is C20H23N5O2. The van der Waals surface area contributed by atoms with Crippen LogP contribution in [-0.4, -0.2) is 33.6 Å². The van der Waals surface area contributed by atoms with Crippen molar-refractivity contribution < 1.29 is 9.53 Å². The van der Waals surface area contributed by atoms with Gasteiger partial charge in [-0.15, -0.1) is 10.2 Å². The summed E-state index contributed by atoms with van der Waals surface area (Å²) in [5.41, 5.74) is 2.95. The number of methoxy groups -OCH3 is 1. The molecule has 3 aromatic rings. The summed E-state index contributed by atoms with van der Waals surface area (Å²) in [5, 5.41) is 17.0. The van der Waals surface area contributed by atoms with Crippen molar-refractivity contribution in [1.82, 2.24) is 20.6 Å². The lowest BCUT2D eigenvalue weighted by Gasteiger charge is -2.15. The van der Waals surface area contributed by atoms with Crippen LogP contribution in [0.25, 0.3) is 0 Å². The summed E-state index contributed by atoms with van der Waals surface area (Å²) in [7, 11) is 1.62. The first-order valence-electron chi connectivity index (χ1n) is 8.84. The maximum Gasteiger partial charge on any atom is 0.235 e. The van der Waals surface area contributed by atoms with Crippen LogP contribution in [-0.2, 0) is 11.2 Å². The Morgan fingerprint density at radius 2 is 1.81 bits per heavy atom. The number of rotatable bonds is 7. The zero-order chi connectivity index (χ0) is 19.2. The number of tetrazole rings is 1. The van der Waals surface area contributed by atoms with Gasteiger partial charge in [0.15, 0.2) is 5.82 Å². The van der Waals surface area contributed by atoms with E-state index in [2.05, 4.69) is 39.8 Å². The molecule has 0 spiro atoms. The zero-order valence-electron chi connectivity index (χ0n) is 15.6. The predicted molar refractivity (Wildman–Crippen MR) is 103 cm³/mol. The topological polar surface area (TPSA) is 92.8 Å². The molecule has 140 valence electrons. The molecule has 0 fully saturated rings. The highest BCUT2D eigenvalue weighted by Crippen LogP contribution is 2.23. The van der Waals surface area contributed by atoms with E-state index in [0.717, 1.165) is 17.0 Å². The Labute approximate surface area is 158 Å². The van der Waals surface area contributed by atoms with E-state index in [9.17, 15) is 4.79 Å². The van der Waals surface area contributed by atoms with Gasteiger partial charge < -0.3 is 10.1 Å². The van der Waals surface area contributed by atoms with E-state index in [-0.39, 0.29) is 5.91 Å². The quantitative estimate of drug-likeness (QED) is 0.670. The fourth-order valence-corrected chi connectivity index (χ4v) is 2.80. The molecule has 1 amide bonds. The van der Waals surface area contributed by atoms with Crippen molar-refractivity contribution in [2.75, 3.05) is 12.4 Å². The zero-order valence-corrected chi connectivity index (χ0v) is 15.6. The van der Waals surface area contributed by atoms with Crippen LogP contribution in [0, 0.1) is 0 Å². The second-order valence-corrected chi connectivity index (χ2v) is 6.64. The van der Waals surface area contributed by atoms with Crippen molar-refractivity contribution in [1.29, 1.82) is 0 Å². The number of nitrogens with zero attached hydrogens (tertiary/aromatic N) is 3. The summed E-state index contributed by atoms with van der Waals surface area (Å²) in [4.78, 5) is 12.9. The normalized spacial score (nSPS) is 12.0. The number of aromatic nitrogens is 4. The van der Waals surface area contributed by atoms with Crippen LogP contribution in [0.3, 0.4) is 0 Å². The van der Waals surface area contributed by atoms with Gasteiger partial charge in [0.1, 0.15) is 11.7 Å². The Balaban J connectivity index is 1.76. The fraction of sp³-hybridized carbons (Fsp3) is 0.300. The minimum absolute atomic E-state index is 0.176. The summed E-state index contributed by atoms with van der Waals surface area (Å²) in [6.07, 6.45) is 0.458. The van der Waals surface area contributed by atoms with Crippen LogP contribution in [0.5, 0.6) is 5.75 Å². The number of anilines is 1. The van der Waals surface area contributed by atoms with Gasteiger partial charge in [-0.05, 0) is 47.7 Å². The van der Waals surface area contributed by atoms with Gasteiger partial charge in [0.05, 0.1) is 7.11 Å². The van der Waals surface area contributed by atoms with E-state index in [1.165, 1.54) is 5.56 Å². The lowest BCUT2D eigenvalue weighted by atomic mass is 9.97. The number of nitrogens with one attached hydrogen (secondary N) is 2. The second kappa shape index (κ2) is 8.44. The van der Waals surface area contributed by atoms with Gasteiger partial charge in [-0.1, -0.05) is 43.3 Å². The first-order valence-corrected chi connectivity index (χ1v) is 8.84. The monoisotopic (exact) mass is 365 g/mol. The standard InChI is InChI=1S/C20H23N5O2/c1-13(2)15-6-8-16(9-7-15)21-20(26)18(19-22-24-25-23-19)12-14-4-10-17(27-3)11-5-14/h4-11,13,18H,12H2,1-3H3,(H,21,26)(H,22,23,24,25)/t18-/m1/s1. The third-order valence-corrected chi connectivity index (χ3v) is 4.43. The van der Waals surface area contributed by atoms with Gasteiger partial charge in [-0.25, -0.2) is 0 Å². The Kier molecular flexibility index (Phi) is 5.80. The molecule has 7 nitrogen and oxygen atoms in total. The highest BCUT2D eigenvalue weighted by atomic mass is 16.5. The Bertz CT molecular complexity index is 858. The number of amides is 1. The second-order valence-electron chi connectivity index (χ2n) is 6.64. The number of aromatic amines is 1. The number of benzene rings is 2. The Morgan fingerprint density at radius 3 is 2.37 bits per heavy atom. The van der Waals surface area contributed by atoms with E-state index >= 15 is 0 Å². The first-order chi connectivity index (χ1) is 13.1. The molecule has 0 bridgehead atoms. The van der Waals surface area contributed by atoms with Gasteiger partial charge in [0.25, 0.3) is 0 Å². The first kappa shape index (κ1) is 18.6. The smallest absolute Gasteiger partial charge is 0.235 e. The molecular weight excluding hydrogens is 342 g/mol. The van der Waals surface area contributed by atoms with Crippen LogP contribution in [0.1, 0.15) is 42.6 Å². The average Bonchev–Trinajstić information content (AvgIpc) is 3.21. The van der Waals surface area contributed by atoms with Gasteiger partial charge in [0.2, 0.25) is 5.91 Å². The van der Waals surface area contributed by atoms with Gasteiger partial charge in [-0.2, -0.15) is 5.21 Å². The molecule has 0 aliphatic rings. The van der Waals surface area contributed by atoms with Crippen molar-refractivity contribution in [3.8, 4) is 5.75 Å². The molecule has 0 radical (unpaired) electrons. The number of carbonyl (C=O) groups is 1. The summed E-state index contributed by atoms with van der Waals surface area (Å²) in [6, 6.07) is 15.4. The SMILES string of the molecule is COc1ccc(C[C@@H](C(=O)Nc2ccc(C(C)C)cc2)c2nn[nH]n2)cc1. The fourth-order valence-electron chi connectivity index (χ4n) is 2.80. The molecule has 0 aliphatic carbocycles. The number of H-pyrrole nitrogens is 1. The highest BCUT2D eigenvalue weighted by Gasteiger charge is 2.25.